The van der Waals surface area contributed by atoms with E-state index in [9.17, 15) is 22.7 Å². The first kappa shape index (κ1) is 19.4. The zero-order valence-electron chi connectivity index (χ0n) is 14.9. The van der Waals surface area contributed by atoms with Gasteiger partial charge in [0.1, 0.15) is 11.9 Å². The Kier molecular flexibility index (Phi) is 4.80. The van der Waals surface area contributed by atoms with Crippen molar-refractivity contribution in [1.29, 1.82) is 0 Å². The van der Waals surface area contributed by atoms with E-state index in [1.165, 1.54) is 30.3 Å². The normalized spacial score (nSPS) is 15.9. The Bertz CT molecular complexity index is 1210. The Labute approximate surface area is 172 Å². The number of fused-ring (bicyclic) bond motifs is 1. The number of rotatable bonds is 4. The van der Waals surface area contributed by atoms with Crippen LogP contribution in [0.4, 0.5) is 10.1 Å². The number of hydrogen-bond acceptors (Lipinski definition) is 3. The molecule has 148 valence electrons. The van der Waals surface area contributed by atoms with E-state index >= 15 is 0 Å². The van der Waals surface area contributed by atoms with Gasteiger partial charge in [-0.25, -0.2) is 17.6 Å². The largest absolute Gasteiger partial charge is 0.480 e. The fraction of sp³-hybridized carbons (Fsp3) is 0.0952. The van der Waals surface area contributed by atoms with Crippen molar-refractivity contribution in [2.75, 3.05) is 4.31 Å². The maximum absolute atomic E-state index is 13.3. The predicted octanol–water partition coefficient (Wildman–Crippen LogP) is 4.35. The third-order valence-electron chi connectivity index (χ3n) is 4.86. The van der Waals surface area contributed by atoms with Crippen molar-refractivity contribution < 1.29 is 22.7 Å². The lowest BCUT2D eigenvalue weighted by Crippen LogP contribution is -2.42. The molecule has 0 amide bonds. The van der Waals surface area contributed by atoms with Gasteiger partial charge in [0, 0.05) is 12.0 Å². The lowest BCUT2D eigenvalue weighted by Gasteiger charge is -2.24. The molecule has 8 heteroatoms. The SMILES string of the molecule is O=C(O)[C@@H]1Cc2ccccc2N1S(=O)(=O)c1ccc(-c2ccc(F)cc2Cl)cc1. The monoisotopic (exact) mass is 431 g/mol. The number of anilines is 1. The minimum Gasteiger partial charge on any atom is -0.480 e. The van der Waals surface area contributed by atoms with Crippen LogP contribution in [-0.4, -0.2) is 25.5 Å². The molecule has 1 heterocycles. The van der Waals surface area contributed by atoms with E-state index in [2.05, 4.69) is 0 Å². The van der Waals surface area contributed by atoms with Crippen molar-refractivity contribution in [2.24, 2.45) is 0 Å². The molecule has 0 saturated heterocycles. The van der Waals surface area contributed by atoms with Gasteiger partial charge in [-0.05, 0) is 47.5 Å². The smallest absolute Gasteiger partial charge is 0.327 e. The number of carbonyl (C=O) groups is 1. The molecule has 29 heavy (non-hydrogen) atoms. The van der Waals surface area contributed by atoms with Crippen molar-refractivity contribution in [2.45, 2.75) is 17.4 Å². The van der Waals surface area contributed by atoms with Crippen LogP contribution in [0.5, 0.6) is 0 Å². The molecule has 1 N–H and O–H groups in total. The molecule has 0 spiro atoms. The van der Waals surface area contributed by atoms with E-state index in [4.69, 9.17) is 11.6 Å². The molecule has 4 rings (SSSR count). The van der Waals surface area contributed by atoms with Crippen LogP contribution >= 0.6 is 11.6 Å². The maximum Gasteiger partial charge on any atom is 0.327 e. The summed E-state index contributed by atoms with van der Waals surface area (Å²) in [5.74, 6) is -1.68. The van der Waals surface area contributed by atoms with Gasteiger partial charge in [-0.2, -0.15) is 0 Å². The van der Waals surface area contributed by atoms with E-state index in [1.54, 1.807) is 36.4 Å². The average molecular weight is 432 g/mol. The molecular formula is C21H15ClFNO4S. The summed E-state index contributed by atoms with van der Waals surface area (Å²) in [5, 5.41) is 9.77. The topological polar surface area (TPSA) is 74.7 Å². The quantitative estimate of drug-likeness (QED) is 0.666. The molecule has 0 radical (unpaired) electrons. The van der Waals surface area contributed by atoms with E-state index in [1.807, 2.05) is 0 Å². The number of sulfonamides is 1. The summed E-state index contributed by atoms with van der Waals surface area (Å²) in [4.78, 5) is 11.7. The summed E-state index contributed by atoms with van der Waals surface area (Å²) in [7, 11) is -4.10. The first-order chi connectivity index (χ1) is 13.8. The van der Waals surface area contributed by atoms with Gasteiger partial charge in [-0.3, -0.25) is 4.31 Å². The average Bonchev–Trinajstić information content (AvgIpc) is 3.09. The van der Waals surface area contributed by atoms with Crippen molar-refractivity contribution >= 4 is 33.3 Å². The van der Waals surface area contributed by atoms with Gasteiger partial charge < -0.3 is 5.11 Å². The zero-order valence-corrected chi connectivity index (χ0v) is 16.5. The molecule has 5 nitrogen and oxygen atoms in total. The minimum atomic E-state index is -4.10. The number of hydrogen-bond donors (Lipinski definition) is 1. The van der Waals surface area contributed by atoms with Crippen LogP contribution in [0.2, 0.25) is 5.02 Å². The Balaban J connectivity index is 1.75. The Morgan fingerprint density at radius 2 is 1.76 bits per heavy atom. The summed E-state index contributed by atoms with van der Waals surface area (Å²) in [6, 6.07) is 15.4. The molecule has 0 unspecified atom stereocenters. The third kappa shape index (κ3) is 3.36. The summed E-state index contributed by atoms with van der Waals surface area (Å²) >= 11 is 6.08. The van der Waals surface area contributed by atoms with Crippen LogP contribution in [0.3, 0.4) is 0 Å². The molecule has 0 aliphatic carbocycles. The number of para-hydroxylation sites is 1. The number of aliphatic carboxylic acids is 1. The van der Waals surface area contributed by atoms with Gasteiger partial charge in [0.25, 0.3) is 10.0 Å². The molecule has 0 bridgehead atoms. The lowest BCUT2D eigenvalue weighted by atomic mass is 10.1. The highest BCUT2D eigenvalue weighted by Gasteiger charge is 2.42. The molecule has 0 saturated carbocycles. The zero-order chi connectivity index (χ0) is 20.8. The fourth-order valence-corrected chi connectivity index (χ4v) is 5.41. The summed E-state index contributed by atoms with van der Waals surface area (Å²) < 4.78 is 40.7. The Morgan fingerprint density at radius 1 is 1.07 bits per heavy atom. The van der Waals surface area contributed by atoms with E-state index in [-0.39, 0.29) is 16.3 Å². The minimum absolute atomic E-state index is 0.0394. The van der Waals surface area contributed by atoms with Crippen LogP contribution in [0.1, 0.15) is 5.56 Å². The van der Waals surface area contributed by atoms with Crippen molar-refractivity contribution in [3.8, 4) is 11.1 Å². The molecule has 0 aromatic heterocycles. The molecule has 1 aliphatic rings. The molecule has 1 atom stereocenters. The fourth-order valence-electron chi connectivity index (χ4n) is 3.49. The van der Waals surface area contributed by atoms with Crippen LogP contribution in [0.15, 0.2) is 71.6 Å². The van der Waals surface area contributed by atoms with Crippen LogP contribution in [0.25, 0.3) is 11.1 Å². The van der Waals surface area contributed by atoms with Gasteiger partial charge in [0.2, 0.25) is 0 Å². The summed E-state index contributed by atoms with van der Waals surface area (Å²) in [5.41, 5.74) is 2.21. The second kappa shape index (κ2) is 7.17. The molecular weight excluding hydrogens is 417 g/mol. The standard InChI is InChI=1S/C21H15ClFNO4S/c22-18-12-15(23)7-10-17(18)13-5-8-16(9-6-13)29(27,28)24-19-4-2-1-3-14(19)11-20(24)21(25)26/h1-10,12,20H,11H2,(H,25,26)/t20-/m0/s1. The van der Waals surface area contributed by atoms with Crippen LogP contribution in [-0.2, 0) is 21.2 Å². The summed E-state index contributed by atoms with van der Waals surface area (Å²) in [6.45, 7) is 0. The first-order valence-electron chi connectivity index (χ1n) is 8.69. The van der Waals surface area contributed by atoms with Gasteiger partial charge >= 0.3 is 5.97 Å². The maximum atomic E-state index is 13.3. The van der Waals surface area contributed by atoms with Gasteiger partial charge in [0.15, 0.2) is 0 Å². The molecule has 1 aliphatic heterocycles. The second-order valence-electron chi connectivity index (χ2n) is 6.64. The van der Waals surface area contributed by atoms with Gasteiger partial charge in [-0.15, -0.1) is 0 Å². The van der Waals surface area contributed by atoms with Crippen LogP contribution in [0, 0.1) is 5.82 Å². The number of halogens is 2. The van der Waals surface area contributed by atoms with Gasteiger partial charge in [0.05, 0.1) is 15.6 Å². The van der Waals surface area contributed by atoms with E-state index in [0.717, 1.165) is 4.31 Å². The highest BCUT2D eigenvalue weighted by atomic mass is 35.5. The van der Waals surface area contributed by atoms with Crippen LogP contribution < -0.4 is 4.31 Å². The number of carboxylic acids is 1. The molecule has 3 aromatic rings. The second-order valence-corrected chi connectivity index (χ2v) is 8.86. The Morgan fingerprint density at radius 3 is 2.41 bits per heavy atom. The molecule has 0 fully saturated rings. The van der Waals surface area contributed by atoms with Crippen molar-refractivity contribution in [3.05, 3.63) is 83.1 Å². The van der Waals surface area contributed by atoms with E-state index in [0.29, 0.717) is 22.4 Å². The number of nitrogens with zero attached hydrogens (tertiary/aromatic N) is 1. The van der Waals surface area contributed by atoms with Gasteiger partial charge in [-0.1, -0.05) is 41.9 Å². The number of carboxylic acid groups (broad SMARTS) is 1. The molecule has 3 aromatic carbocycles. The first-order valence-corrected chi connectivity index (χ1v) is 10.5. The third-order valence-corrected chi connectivity index (χ3v) is 7.01. The highest BCUT2D eigenvalue weighted by Crippen LogP contribution is 2.37. The van der Waals surface area contributed by atoms with Crippen molar-refractivity contribution in [3.63, 3.8) is 0 Å². The summed E-state index contributed by atoms with van der Waals surface area (Å²) in [6.07, 6.45) is 0.105. The Hall–Kier alpha value is -2.90. The highest BCUT2D eigenvalue weighted by molar-refractivity contribution is 7.93. The predicted molar refractivity (Wildman–Crippen MR) is 108 cm³/mol. The lowest BCUT2D eigenvalue weighted by molar-refractivity contribution is -0.138. The number of benzene rings is 3. The van der Waals surface area contributed by atoms with Crippen molar-refractivity contribution in [1.82, 2.24) is 0 Å². The van der Waals surface area contributed by atoms with E-state index < -0.39 is 27.9 Å².